The molecule has 0 aromatic heterocycles. The molecule has 0 radical (unpaired) electrons. The minimum atomic E-state index is -0.585. The third-order valence-electron chi connectivity index (χ3n) is 1.37. The number of carbonyl (C=O) groups excluding carboxylic acids is 2. The molecule has 0 aromatic rings. The smallest absolute Gasteiger partial charge is 0.309 e. The van der Waals surface area contributed by atoms with Gasteiger partial charge >= 0.3 is 11.9 Å². The molecule has 1 unspecified atom stereocenters. The monoisotopic (exact) mass is 198 g/mol. The Hall–Kier alpha value is -1.58. The second-order valence-corrected chi connectivity index (χ2v) is 2.55. The molecule has 0 heterocycles. The molecule has 14 heavy (non-hydrogen) atoms. The van der Waals surface area contributed by atoms with Crippen LogP contribution in [0.15, 0.2) is 24.8 Å². The fourth-order valence-electron chi connectivity index (χ4n) is 0.812. The summed E-state index contributed by atoms with van der Waals surface area (Å²) in [5, 5.41) is 0. The summed E-state index contributed by atoms with van der Waals surface area (Å²) in [4.78, 5) is 21.5. The quantitative estimate of drug-likeness (QED) is 0.492. The Labute approximate surface area is 83.2 Å². The minimum absolute atomic E-state index is 0.0143. The second-order valence-electron chi connectivity index (χ2n) is 2.55. The lowest BCUT2D eigenvalue weighted by Crippen LogP contribution is -2.18. The van der Waals surface area contributed by atoms with Crippen LogP contribution in [0.4, 0.5) is 0 Å². The van der Waals surface area contributed by atoms with Gasteiger partial charge in [-0.05, 0) is 6.08 Å². The first-order chi connectivity index (χ1) is 6.60. The molecule has 0 rings (SSSR count). The highest BCUT2D eigenvalue weighted by atomic mass is 16.6. The summed E-state index contributed by atoms with van der Waals surface area (Å²) < 4.78 is 9.30. The number of esters is 2. The molecule has 4 heteroatoms. The molecule has 78 valence electrons. The van der Waals surface area contributed by atoms with Crippen molar-refractivity contribution in [3.05, 3.63) is 24.8 Å². The SMILES string of the molecule is C=CC=CC(CC(=O)OC)OC(C)=O. The molecule has 0 amide bonds. The number of allylic oxidation sites excluding steroid dienone is 2. The summed E-state index contributed by atoms with van der Waals surface area (Å²) in [5.74, 6) is -0.863. The highest BCUT2D eigenvalue weighted by Gasteiger charge is 2.13. The average Bonchev–Trinajstić information content (AvgIpc) is 2.13. The highest BCUT2D eigenvalue weighted by molar-refractivity contribution is 5.71. The molecule has 0 aromatic carbocycles. The zero-order chi connectivity index (χ0) is 11.0. The van der Waals surface area contributed by atoms with E-state index in [1.165, 1.54) is 20.1 Å². The summed E-state index contributed by atoms with van der Waals surface area (Å²) >= 11 is 0. The third kappa shape index (κ3) is 5.99. The second kappa shape index (κ2) is 6.88. The lowest BCUT2D eigenvalue weighted by molar-refractivity contribution is -0.149. The van der Waals surface area contributed by atoms with E-state index < -0.39 is 18.0 Å². The Morgan fingerprint density at radius 1 is 1.50 bits per heavy atom. The van der Waals surface area contributed by atoms with E-state index in [0.717, 1.165) is 0 Å². The van der Waals surface area contributed by atoms with Gasteiger partial charge in [0.05, 0.1) is 13.5 Å². The van der Waals surface area contributed by atoms with Crippen molar-refractivity contribution in [1.29, 1.82) is 0 Å². The number of hydrogen-bond donors (Lipinski definition) is 0. The van der Waals surface area contributed by atoms with Crippen LogP contribution in [-0.2, 0) is 19.1 Å². The molecular formula is C10H14O4. The largest absolute Gasteiger partial charge is 0.469 e. The van der Waals surface area contributed by atoms with Crippen LogP contribution in [0, 0.1) is 0 Å². The van der Waals surface area contributed by atoms with Gasteiger partial charge in [-0.25, -0.2) is 0 Å². The van der Waals surface area contributed by atoms with E-state index in [1.807, 2.05) is 0 Å². The van der Waals surface area contributed by atoms with E-state index in [4.69, 9.17) is 4.74 Å². The zero-order valence-corrected chi connectivity index (χ0v) is 8.36. The summed E-state index contributed by atoms with van der Waals surface area (Å²) in [6.07, 6.45) is 4.15. The van der Waals surface area contributed by atoms with Gasteiger partial charge in [-0.2, -0.15) is 0 Å². The molecule has 0 bridgehead atoms. The van der Waals surface area contributed by atoms with Gasteiger partial charge in [0.15, 0.2) is 0 Å². The molecule has 0 N–H and O–H groups in total. The van der Waals surface area contributed by atoms with Gasteiger partial charge in [0.25, 0.3) is 0 Å². The molecule has 0 aliphatic carbocycles. The van der Waals surface area contributed by atoms with E-state index in [-0.39, 0.29) is 6.42 Å². The van der Waals surface area contributed by atoms with Crippen molar-refractivity contribution in [2.24, 2.45) is 0 Å². The highest BCUT2D eigenvalue weighted by Crippen LogP contribution is 2.03. The molecule has 0 spiro atoms. The molecule has 4 nitrogen and oxygen atoms in total. The molecule has 0 aliphatic rings. The van der Waals surface area contributed by atoms with Gasteiger partial charge in [0.2, 0.25) is 0 Å². The summed E-state index contributed by atoms with van der Waals surface area (Å²) in [5.41, 5.74) is 0. The number of hydrogen-bond acceptors (Lipinski definition) is 4. The third-order valence-corrected chi connectivity index (χ3v) is 1.37. The Balaban J connectivity index is 4.23. The number of methoxy groups -OCH3 is 1. The maximum Gasteiger partial charge on any atom is 0.309 e. The Kier molecular flexibility index (Phi) is 6.11. The lowest BCUT2D eigenvalue weighted by Gasteiger charge is -2.10. The first-order valence-electron chi connectivity index (χ1n) is 4.13. The van der Waals surface area contributed by atoms with Gasteiger partial charge < -0.3 is 9.47 Å². The topological polar surface area (TPSA) is 52.6 Å². The van der Waals surface area contributed by atoms with Crippen LogP contribution in [0.3, 0.4) is 0 Å². The molecule has 0 fully saturated rings. The van der Waals surface area contributed by atoms with Crippen LogP contribution in [0.25, 0.3) is 0 Å². The van der Waals surface area contributed by atoms with Crippen LogP contribution in [0.5, 0.6) is 0 Å². The number of carbonyl (C=O) groups is 2. The Bertz CT molecular complexity index is 243. The molecule has 0 saturated heterocycles. The standard InChI is InChI=1S/C10H14O4/c1-4-5-6-9(14-8(2)11)7-10(12)13-3/h4-6,9H,1,7H2,2-3H3. The van der Waals surface area contributed by atoms with Crippen molar-refractivity contribution < 1.29 is 19.1 Å². The molecule has 0 saturated carbocycles. The number of rotatable bonds is 5. The van der Waals surface area contributed by atoms with Gasteiger partial charge in [-0.1, -0.05) is 18.7 Å². The van der Waals surface area contributed by atoms with Crippen LogP contribution in [-0.4, -0.2) is 25.2 Å². The van der Waals surface area contributed by atoms with Crippen molar-refractivity contribution in [3.63, 3.8) is 0 Å². The number of ether oxygens (including phenoxy) is 2. The predicted molar refractivity (Wildman–Crippen MR) is 51.5 cm³/mol. The van der Waals surface area contributed by atoms with Crippen molar-refractivity contribution in [2.75, 3.05) is 7.11 Å². The first-order valence-corrected chi connectivity index (χ1v) is 4.13. The Morgan fingerprint density at radius 2 is 2.14 bits per heavy atom. The lowest BCUT2D eigenvalue weighted by atomic mass is 10.2. The Morgan fingerprint density at radius 3 is 2.57 bits per heavy atom. The predicted octanol–water partition coefficient (Wildman–Crippen LogP) is 1.22. The minimum Gasteiger partial charge on any atom is -0.469 e. The summed E-state index contributed by atoms with van der Waals surface area (Å²) in [7, 11) is 1.28. The average molecular weight is 198 g/mol. The summed E-state index contributed by atoms with van der Waals surface area (Å²) in [6.45, 7) is 4.75. The van der Waals surface area contributed by atoms with Gasteiger partial charge in [0.1, 0.15) is 6.10 Å². The van der Waals surface area contributed by atoms with Crippen molar-refractivity contribution >= 4 is 11.9 Å². The van der Waals surface area contributed by atoms with Crippen LogP contribution >= 0.6 is 0 Å². The summed E-state index contributed by atoms with van der Waals surface area (Å²) in [6, 6.07) is 0. The van der Waals surface area contributed by atoms with E-state index in [9.17, 15) is 9.59 Å². The van der Waals surface area contributed by atoms with Gasteiger partial charge in [-0.15, -0.1) is 0 Å². The maximum atomic E-state index is 10.9. The van der Waals surface area contributed by atoms with Crippen molar-refractivity contribution in [2.45, 2.75) is 19.4 Å². The van der Waals surface area contributed by atoms with Gasteiger partial charge in [0, 0.05) is 6.92 Å². The fraction of sp³-hybridized carbons (Fsp3) is 0.400. The van der Waals surface area contributed by atoms with Crippen LogP contribution < -0.4 is 0 Å². The van der Waals surface area contributed by atoms with Crippen LogP contribution in [0.1, 0.15) is 13.3 Å². The molecular weight excluding hydrogens is 184 g/mol. The zero-order valence-electron chi connectivity index (χ0n) is 8.36. The van der Waals surface area contributed by atoms with Crippen molar-refractivity contribution in [1.82, 2.24) is 0 Å². The van der Waals surface area contributed by atoms with Crippen LogP contribution in [0.2, 0.25) is 0 Å². The van der Waals surface area contributed by atoms with E-state index in [1.54, 1.807) is 12.2 Å². The fourth-order valence-corrected chi connectivity index (χ4v) is 0.812. The van der Waals surface area contributed by atoms with Crippen molar-refractivity contribution in [3.8, 4) is 0 Å². The van der Waals surface area contributed by atoms with E-state index in [2.05, 4.69) is 11.3 Å². The maximum absolute atomic E-state index is 10.9. The van der Waals surface area contributed by atoms with E-state index >= 15 is 0 Å². The molecule has 1 atom stereocenters. The first kappa shape index (κ1) is 12.4. The van der Waals surface area contributed by atoms with Gasteiger partial charge in [-0.3, -0.25) is 9.59 Å². The molecule has 0 aliphatic heterocycles. The normalized spacial score (nSPS) is 12.1. The van der Waals surface area contributed by atoms with E-state index in [0.29, 0.717) is 0 Å².